The normalized spacial score (nSPS) is 22.1. The summed E-state index contributed by atoms with van der Waals surface area (Å²) in [6.45, 7) is 6.77. The maximum absolute atomic E-state index is 6.01. The number of anilines is 1. The molecule has 1 saturated heterocycles. The lowest BCUT2D eigenvalue weighted by Crippen LogP contribution is -2.25. The van der Waals surface area contributed by atoms with Gasteiger partial charge in [0.1, 0.15) is 18.5 Å². The molecule has 2 unspecified atom stereocenters. The molecule has 1 heterocycles. The van der Waals surface area contributed by atoms with Gasteiger partial charge >= 0.3 is 0 Å². The van der Waals surface area contributed by atoms with Crippen LogP contribution < -0.4 is 15.8 Å². The highest BCUT2D eigenvalue weighted by Gasteiger charge is 2.33. The predicted octanol–water partition coefficient (Wildman–Crippen LogP) is 1.61. The van der Waals surface area contributed by atoms with Crippen LogP contribution in [0.15, 0.2) is 12.1 Å². The third kappa shape index (κ3) is 2.94. The first-order valence-corrected chi connectivity index (χ1v) is 6.56. The van der Waals surface area contributed by atoms with Crippen molar-refractivity contribution in [3.05, 3.63) is 17.7 Å². The first-order valence-electron chi connectivity index (χ1n) is 5.98. The Morgan fingerprint density at radius 1 is 1.50 bits per heavy atom. The molecule has 0 spiro atoms. The molecule has 2 N–H and O–H groups in total. The van der Waals surface area contributed by atoms with Crippen molar-refractivity contribution in [2.75, 3.05) is 18.9 Å². The average Bonchev–Trinajstić information content (AvgIpc) is 2.65. The van der Waals surface area contributed by atoms with E-state index in [1.807, 2.05) is 32.9 Å². The van der Waals surface area contributed by atoms with Gasteiger partial charge in [0.2, 0.25) is 0 Å². The number of benzene rings is 1. The van der Waals surface area contributed by atoms with Gasteiger partial charge in [-0.3, -0.25) is 0 Å². The summed E-state index contributed by atoms with van der Waals surface area (Å²) in [5.74, 6) is 0.186. The van der Waals surface area contributed by atoms with E-state index >= 15 is 0 Å². The second kappa shape index (κ2) is 5.04. The molecule has 2 atom stereocenters. The molecule has 2 rings (SSSR count). The minimum atomic E-state index is -0.514. The van der Waals surface area contributed by atoms with Gasteiger partial charge in [-0.25, -0.2) is 0 Å². The van der Waals surface area contributed by atoms with Gasteiger partial charge in [0.15, 0.2) is 5.79 Å². The third-order valence-electron chi connectivity index (χ3n) is 3.01. The third-order valence-corrected chi connectivity index (χ3v) is 3.63. The lowest BCUT2D eigenvalue weighted by atomic mass is 10.2. The Bertz CT molecular complexity index is 448. The van der Waals surface area contributed by atoms with Crippen molar-refractivity contribution < 1.29 is 14.2 Å². The number of nitrogen functional groups attached to an aromatic ring is 1. The number of nitrogens with two attached hydrogens (primary N) is 1. The summed E-state index contributed by atoms with van der Waals surface area (Å²) in [6.07, 6.45) is -0.0459. The van der Waals surface area contributed by atoms with Crippen LogP contribution in [0.5, 0.6) is 5.75 Å². The summed E-state index contributed by atoms with van der Waals surface area (Å²) in [7, 11) is 2.66. The first kappa shape index (κ1) is 13.6. The summed E-state index contributed by atoms with van der Waals surface area (Å²) < 4.78 is 16.9. The highest BCUT2D eigenvalue weighted by atomic mass is 31.0. The maximum Gasteiger partial charge on any atom is 0.163 e. The van der Waals surface area contributed by atoms with Gasteiger partial charge in [-0.2, -0.15) is 0 Å². The lowest BCUT2D eigenvalue weighted by Gasteiger charge is -2.18. The van der Waals surface area contributed by atoms with Crippen LogP contribution in [0, 0.1) is 6.92 Å². The van der Waals surface area contributed by atoms with Crippen molar-refractivity contribution in [1.29, 1.82) is 0 Å². The monoisotopic (exact) mass is 269 g/mol. The average molecular weight is 269 g/mol. The Labute approximate surface area is 110 Å². The van der Waals surface area contributed by atoms with Crippen LogP contribution in [-0.2, 0) is 9.47 Å². The van der Waals surface area contributed by atoms with Gasteiger partial charge in [0.05, 0.1) is 12.3 Å². The molecule has 4 nitrogen and oxygen atoms in total. The molecule has 0 aromatic heterocycles. The molecule has 0 saturated carbocycles. The largest absolute Gasteiger partial charge is 0.489 e. The molecule has 18 heavy (non-hydrogen) atoms. The molecule has 5 heteroatoms. The smallest absolute Gasteiger partial charge is 0.163 e. The van der Waals surface area contributed by atoms with Crippen molar-refractivity contribution in [2.45, 2.75) is 32.7 Å². The lowest BCUT2D eigenvalue weighted by molar-refractivity contribution is -0.141. The predicted molar refractivity (Wildman–Crippen MR) is 75.3 cm³/mol. The highest BCUT2D eigenvalue weighted by molar-refractivity contribution is 7.27. The second-order valence-corrected chi connectivity index (χ2v) is 5.58. The fourth-order valence-electron chi connectivity index (χ4n) is 1.87. The number of hydrogen-bond donors (Lipinski definition) is 1. The van der Waals surface area contributed by atoms with Crippen LogP contribution in [0.2, 0.25) is 0 Å². The number of ether oxygens (including phenoxy) is 3. The Morgan fingerprint density at radius 3 is 2.83 bits per heavy atom. The molecule has 1 aliphatic heterocycles. The van der Waals surface area contributed by atoms with Crippen molar-refractivity contribution in [2.24, 2.45) is 0 Å². The van der Waals surface area contributed by atoms with E-state index in [2.05, 4.69) is 9.24 Å². The second-order valence-electron chi connectivity index (χ2n) is 4.95. The molecular weight excluding hydrogens is 249 g/mol. The van der Waals surface area contributed by atoms with Crippen molar-refractivity contribution in [3.8, 4) is 5.75 Å². The van der Waals surface area contributed by atoms with E-state index < -0.39 is 5.79 Å². The van der Waals surface area contributed by atoms with E-state index in [-0.39, 0.29) is 6.10 Å². The zero-order chi connectivity index (χ0) is 13.3. The van der Waals surface area contributed by atoms with E-state index in [9.17, 15) is 0 Å². The molecule has 100 valence electrons. The molecule has 0 amide bonds. The summed E-state index contributed by atoms with van der Waals surface area (Å²) in [5.41, 5.74) is 7.72. The zero-order valence-corrected chi connectivity index (χ0v) is 12.2. The fraction of sp³-hybridized carbons (Fsp3) is 0.538. The summed E-state index contributed by atoms with van der Waals surface area (Å²) in [5, 5.41) is 1.08. The van der Waals surface area contributed by atoms with E-state index in [0.29, 0.717) is 24.7 Å². The summed E-state index contributed by atoms with van der Waals surface area (Å²) in [4.78, 5) is 0. The van der Waals surface area contributed by atoms with Gasteiger partial charge in [0.25, 0.3) is 0 Å². The van der Waals surface area contributed by atoms with Gasteiger partial charge < -0.3 is 19.9 Å². The summed E-state index contributed by atoms with van der Waals surface area (Å²) >= 11 is 0. The van der Waals surface area contributed by atoms with Crippen LogP contribution in [0.1, 0.15) is 19.4 Å². The minimum absolute atomic E-state index is 0.0459. The molecule has 1 aromatic carbocycles. The molecule has 0 bridgehead atoms. The Morgan fingerprint density at radius 2 is 2.22 bits per heavy atom. The summed E-state index contributed by atoms with van der Waals surface area (Å²) in [6, 6.07) is 3.85. The maximum atomic E-state index is 6.01. The molecule has 0 aliphatic carbocycles. The highest BCUT2D eigenvalue weighted by Crippen LogP contribution is 2.27. The molecule has 1 aromatic rings. The molecule has 0 radical (unpaired) electrons. The Hall–Kier alpha value is -0.830. The van der Waals surface area contributed by atoms with Gasteiger partial charge in [-0.05, 0) is 37.7 Å². The topological polar surface area (TPSA) is 53.7 Å². The van der Waals surface area contributed by atoms with Crippen molar-refractivity contribution in [3.63, 3.8) is 0 Å². The van der Waals surface area contributed by atoms with E-state index in [0.717, 1.165) is 10.9 Å². The van der Waals surface area contributed by atoms with E-state index in [4.69, 9.17) is 19.9 Å². The van der Waals surface area contributed by atoms with Crippen molar-refractivity contribution in [1.82, 2.24) is 0 Å². The quantitative estimate of drug-likeness (QED) is 0.669. The van der Waals surface area contributed by atoms with Gasteiger partial charge in [-0.15, -0.1) is 9.24 Å². The molecular formula is C13H20NO3P. The van der Waals surface area contributed by atoms with E-state index in [1.165, 1.54) is 0 Å². The van der Waals surface area contributed by atoms with Crippen LogP contribution in [0.4, 0.5) is 5.69 Å². The number of rotatable bonds is 3. The fourth-order valence-corrected chi connectivity index (χ4v) is 2.13. The van der Waals surface area contributed by atoms with Gasteiger partial charge in [0, 0.05) is 0 Å². The minimum Gasteiger partial charge on any atom is -0.489 e. The Balaban J connectivity index is 1.97. The van der Waals surface area contributed by atoms with E-state index in [1.54, 1.807) is 0 Å². The number of hydrogen-bond acceptors (Lipinski definition) is 4. The molecule has 1 aliphatic rings. The Kier molecular flexibility index (Phi) is 3.81. The van der Waals surface area contributed by atoms with Crippen LogP contribution in [-0.4, -0.2) is 25.1 Å². The van der Waals surface area contributed by atoms with Crippen molar-refractivity contribution >= 4 is 20.2 Å². The zero-order valence-electron chi connectivity index (χ0n) is 11.0. The molecule has 1 fully saturated rings. The van der Waals surface area contributed by atoms with Crippen LogP contribution in [0.3, 0.4) is 0 Å². The first-order chi connectivity index (χ1) is 8.39. The SMILES string of the molecule is Cc1c(P)ccc(OCC2COC(C)(C)O2)c1N. The van der Waals surface area contributed by atoms with Crippen LogP contribution >= 0.6 is 9.24 Å². The van der Waals surface area contributed by atoms with Gasteiger partial charge in [-0.1, -0.05) is 6.07 Å². The van der Waals surface area contributed by atoms with Crippen LogP contribution in [0.25, 0.3) is 0 Å². The standard InChI is InChI=1S/C13H20NO3P/c1-8-11(18)5-4-10(12(8)14)15-6-9-7-16-13(2,3)17-9/h4-5,9H,6-7,14,18H2,1-3H3.